The second-order valence-electron chi connectivity index (χ2n) is 6.39. The molecule has 2 aromatic carbocycles. The van der Waals surface area contributed by atoms with E-state index in [4.69, 9.17) is 23.2 Å². The van der Waals surface area contributed by atoms with E-state index in [0.717, 1.165) is 17.5 Å². The maximum atomic E-state index is 12.4. The predicted molar refractivity (Wildman–Crippen MR) is 109 cm³/mol. The zero-order valence-electron chi connectivity index (χ0n) is 14.5. The van der Waals surface area contributed by atoms with Gasteiger partial charge in [0.05, 0.1) is 11.8 Å². The van der Waals surface area contributed by atoms with Gasteiger partial charge in [0.2, 0.25) is 5.91 Å². The first kappa shape index (κ1) is 20.2. The average molecular weight is 396 g/mol. The van der Waals surface area contributed by atoms with E-state index < -0.39 is 0 Å². The first-order chi connectivity index (χ1) is 12.0. The Bertz CT molecular complexity index is 691. The van der Waals surface area contributed by atoms with Crippen molar-refractivity contribution < 1.29 is 4.79 Å². The summed E-state index contributed by atoms with van der Waals surface area (Å²) in [4.78, 5) is 12.4. The van der Waals surface area contributed by atoms with Crippen LogP contribution in [0.4, 0.5) is 0 Å². The Balaban J connectivity index is 1.88. The molecular weight excluding hydrogens is 373 g/mol. The van der Waals surface area contributed by atoms with Crippen LogP contribution in [0.3, 0.4) is 0 Å². The highest BCUT2D eigenvalue weighted by molar-refractivity contribution is 7.99. The Morgan fingerprint density at radius 1 is 1.12 bits per heavy atom. The molecular formula is C20H23Cl2NOS. The molecule has 2 rings (SSSR count). The van der Waals surface area contributed by atoms with Crippen LogP contribution in [0, 0.1) is 5.92 Å². The highest BCUT2D eigenvalue weighted by Crippen LogP contribution is 2.25. The number of carbonyl (C=O) groups is 1. The lowest BCUT2D eigenvalue weighted by molar-refractivity contribution is -0.119. The van der Waals surface area contributed by atoms with E-state index in [1.807, 2.05) is 30.3 Å². The normalized spacial score (nSPS) is 12.2. The monoisotopic (exact) mass is 395 g/mol. The molecule has 0 spiro atoms. The molecule has 2 aromatic rings. The van der Waals surface area contributed by atoms with E-state index in [1.165, 1.54) is 0 Å². The molecule has 0 radical (unpaired) electrons. The minimum Gasteiger partial charge on any atom is -0.349 e. The fourth-order valence-electron chi connectivity index (χ4n) is 2.56. The molecule has 2 nitrogen and oxygen atoms in total. The number of halogens is 2. The van der Waals surface area contributed by atoms with E-state index >= 15 is 0 Å². The first-order valence-electron chi connectivity index (χ1n) is 8.31. The SMILES string of the molecule is CC(C)CC(NC(=O)CSCc1ccc(Cl)cc1Cl)c1ccccc1. The maximum absolute atomic E-state index is 12.4. The number of nitrogens with one attached hydrogen (secondary N) is 1. The summed E-state index contributed by atoms with van der Waals surface area (Å²) in [6.45, 7) is 4.33. The van der Waals surface area contributed by atoms with Crippen molar-refractivity contribution in [3.05, 3.63) is 69.7 Å². The van der Waals surface area contributed by atoms with Crippen LogP contribution in [0.25, 0.3) is 0 Å². The third kappa shape index (κ3) is 6.93. The van der Waals surface area contributed by atoms with E-state index in [-0.39, 0.29) is 11.9 Å². The van der Waals surface area contributed by atoms with Crippen molar-refractivity contribution in [2.24, 2.45) is 5.92 Å². The molecule has 5 heteroatoms. The van der Waals surface area contributed by atoms with E-state index in [1.54, 1.807) is 17.8 Å². The third-order valence-corrected chi connectivity index (χ3v) is 5.32. The smallest absolute Gasteiger partial charge is 0.230 e. The molecule has 0 aliphatic heterocycles. The van der Waals surface area contributed by atoms with Crippen molar-refractivity contribution in [2.45, 2.75) is 32.1 Å². The molecule has 0 saturated heterocycles. The minimum absolute atomic E-state index is 0.0459. The van der Waals surface area contributed by atoms with Crippen molar-refractivity contribution in [2.75, 3.05) is 5.75 Å². The lowest BCUT2D eigenvalue weighted by atomic mass is 9.97. The summed E-state index contributed by atoms with van der Waals surface area (Å²) in [5.41, 5.74) is 2.14. The summed E-state index contributed by atoms with van der Waals surface area (Å²) < 4.78 is 0. The molecule has 1 atom stereocenters. The van der Waals surface area contributed by atoms with Crippen molar-refractivity contribution in [1.82, 2.24) is 5.32 Å². The van der Waals surface area contributed by atoms with Gasteiger partial charge in [-0.2, -0.15) is 0 Å². The molecule has 0 bridgehead atoms. The number of thioether (sulfide) groups is 1. The average Bonchev–Trinajstić information content (AvgIpc) is 2.56. The summed E-state index contributed by atoms with van der Waals surface area (Å²) in [7, 11) is 0. The number of amides is 1. The summed E-state index contributed by atoms with van der Waals surface area (Å²) in [5, 5.41) is 4.42. The fraction of sp³-hybridized carbons (Fsp3) is 0.350. The lowest BCUT2D eigenvalue weighted by Crippen LogP contribution is -2.30. The van der Waals surface area contributed by atoms with Crippen LogP contribution < -0.4 is 5.32 Å². The van der Waals surface area contributed by atoms with Gasteiger partial charge in [0.15, 0.2) is 0 Å². The molecule has 25 heavy (non-hydrogen) atoms. The highest BCUT2D eigenvalue weighted by Gasteiger charge is 2.16. The number of rotatable bonds is 8. The summed E-state index contributed by atoms with van der Waals surface area (Å²) in [5.74, 6) is 1.64. The van der Waals surface area contributed by atoms with Gasteiger partial charge in [0.25, 0.3) is 0 Å². The molecule has 0 heterocycles. The molecule has 1 N–H and O–H groups in total. The Morgan fingerprint density at radius 2 is 1.84 bits per heavy atom. The van der Waals surface area contributed by atoms with Crippen LogP contribution in [-0.2, 0) is 10.5 Å². The van der Waals surface area contributed by atoms with Gasteiger partial charge in [-0.3, -0.25) is 4.79 Å². The second kappa shape index (κ2) is 10.1. The van der Waals surface area contributed by atoms with Gasteiger partial charge in [-0.05, 0) is 35.6 Å². The molecule has 0 aliphatic carbocycles. The van der Waals surface area contributed by atoms with Crippen LogP contribution >= 0.6 is 35.0 Å². The quantitative estimate of drug-likeness (QED) is 0.582. The Morgan fingerprint density at radius 3 is 2.48 bits per heavy atom. The largest absolute Gasteiger partial charge is 0.349 e. The van der Waals surface area contributed by atoms with E-state index in [0.29, 0.717) is 27.5 Å². The van der Waals surface area contributed by atoms with Gasteiger partial charge in [-0.15, -0.1) is 11.8 Å². The molecule has 0 aliphatic rings. The van der Waals surface area contributed by atoms with Gasteiger partial charge < -0.3 is 5.32 Å². The number of hydrogen-bond donors (Lipinski definition) is 1. The van der Waals surface area contributed by atoms with E-state index in [9.17, 15) is 4.79 Å². The Labute approximate surface area is 164 Å². The molecule has 0 fully saturated rings. The number of carbonyl (C=O) groups excluding carboxylic acids is 1. The lowest BCUT2D eigenvalue weighted by Gasteiger charge is -2.21. The summed E-state index contributed by atoms with van der Waals surface area (Å²) in [6, 6.07) is 15.6. The predicted octanol–water partition coefficient (Wildman–Crippen LogP) is 6.13. The zero-order valence-corrected chi connectivity index (χ0v) is 16.8. The molecule has 1 unspecified atom stereocenters. The van der Waals surface area contributed by atoms with E-state index in [2.05, 4.69) is 31.3 Å². The Hall–Kier alpha value is -1.16. The van der Waals surface area contributed by atoms with Gasteiger partial charge >= 0.3 is 0 Å². The topological polar surface area (TPSA) is 29.1 Å². The number of benzene rings is 2. The summed E-state index contributed by atoms with van der Waals surface area (Å²) in [6.07, 6.45) is 0.920. The van der Waals surface area contributed by atoms with Crippen LogP contribution in [0.1, 0.15) is 37.4 Å². The summed E-state index contributed by atoms with van der Waals surface area (Å²) >= 11 is 13.6. The first-order valence-corrected chi connectivity index (χ1v) is 10.2. The third-order valence-electron chi connectivity index (χ3n) is 3.75. The van der Waals surface area contributed by atoms with Crippen LogP contribution in [0.15, 0.2) is 48.5 Å². The van der Waals surface area contributed by atoms with Crippen molar-refractivity contribution in [1.29, 1.82) is 0 Å². The van der Waals surface area contributed by atoms with Crippen molar-refractivity contribution in [3.8, 4) is 0 Å². The fourth-order valence-corrected chi connectivity index (χ4v) is 3.96. The molecule has 134 valence electrons. The minimum atomic E-state index is 0.0459. The molecule has 0 saturated carbocycles. The Kier molecular flexibility index (Phi) is 8.14. The number of hydrogen-bond acceptors (Lipinski definition) is 2. The van der Waals surface area contributed by atoms with Gasteiger partial charge in [0, 0.05) is 15.8 Å². The van der Waals surface area contributed by atoms with Gasteiger partial charge in [-0.25, -0.2) is 0 Å². The molecule has 1 amide bonds. The maximum Gasteiger partial charge on any atom is 0.230 e. The van der Waals surface area contributed by atoms with Crippen LogP contribution in [-0.4, -0.2) is 11.7 Å². The van der Waals surface area contributed by atoms with Crippen molar-refractivity contribution >= 4 is 40.9 Å². The molecule has 0 aromatic heterocycles. The van der Waals surface area contributed by atoms with Crippen LogP contribution in [0.2, 0.25) is 10.0 Å². The second-order valence-corrected chi connectivity index (χ2v) is 8.22. The van der Waals surface area contributed by atoms with Gasteiger partial charge in [0.1, 0.15) is 0 Å². The zero-order chi connectivity index (χ0) is 18.2. The van der Waals surface area contributed by atoms with Gasteiger partial charge in [-0.1, -0.05) is 73.4 Å². The standard InChI is InChI=1S/C20H23Cl2NOS/c1-14(2)10-19(15-6-4-3-5-7-15)23-20(24)13-25-12-16-8-9-17(21)11-18(16)22/h3-9,11,14,19H,10,12-13H2,1-2H3,(H,23,24). The van der Waals surface area contributed by atoms with Crippen molar-refractivity contribution in [3.63, 3.8) is 0 Å². The van der Waals surface area contributed by atoms with Crippen LogP contribution in [0.5, 0.6) is 0 Å². The highest BCUT2D eigenvalue weighted by atomic mass is 35.5.